The molecular weight excluding hydrogens is 240 g/mol. The molecule has 4 nitrogen and oxygen atoms in total. The fourth-order valence-corrected chi connectivity index (χ4v) is 1.89. The van der Waals surface area contributed by atoms with E-state index in [4.69, 9.17) is 5.11 Å². The fourth-order valence-electron chi connectivity index (χ4n) is 1.89. The highest BCUT2D eigenvalue weighted by molar-refractivity contribution is 5.88. The lowest BCUT2D eigenvalue weighted by Gasteiger charge is -2.05. The number of nitrogens with zero attached hydrogens (tertiary/aromatic N) is 2. The van der Waals surface area contributed by atoms with Crippen molar-refractivity contribution in [2.45, 2.75) is 26.7 Å². The summed E-state index contributed by atoms with van der Waals surface area (Å²) >= 11 is 0. The zero-order valence-corrected chi connectivity index (χ0v) is 11.1. The Morgan fingerprint density at radius 2 is 1.84 bits per heavy atom. The van der Waals surface area contributed by atoms with E-state index in [2.05, 4.69) is 41.2 Å². The van der Waals surface area contributed by atoms with Gasteiger partial charge in [0.1, 0.15) is 5.82 Å². The summed E-state index contributed by atoms with van der Waals surface area (Å²) in [4.78, 5) is 19.2. The summed E-state index contributed by atoms with van der Waals surface area (Å²) in [6.45, 7) is 3.81. The summed E-state index contributed by atoms with van der Waals surface area (Å²) in [5.41, 5.74) is 3.08. The minimum Gasteiger partial charge on any atom is -0.478 e. The molecule has 0 radical (unpaired) electrons. The van der Waals surface area contributed by atoms with Crippen molar-refractivity contribution in [2.75, 3.05) is 0 Å². The summed E-state index contributed by atoms with van der Waals surface area (Å²) in [6, 6.07) is 8.30. The molecule has 0 unspecified atom stereocenters. The predicted octanol–water partition coefficient (Wildman–Crippen LogP) is 2.64. The van der Waals surface area contributed by atoms with E-state index in [1.165, 1.54) is 11.8 Å². The molecule has 19 heavy (non-hydrogen) atoms. The van der Waals surface area contributed by atoms with Crippen molar-refractivity contribution in [3.63, 3.8) is 0 Å². The second-order valence-electron chi connectivity index (χ2n) is 4.44. The molecule has 0 aliphatic heterocycles. The molecule has 0 saturated heterocycles. The van der Waals surface area contributed by atoms with Gasteiger partial charge in [-0.1, -0.05) is 31.2 Å². The number of carbonyl (C=O) groups is 1. The van der Waals surface area contributed by atoms with Gasteiger partial charge in [0.05, 0.1) is 11.3 Å². The van der Waals surface area contributed by atoms with Crippen LogP contribution in [0.5, 0.6) is 0 Å². The molecule has 2 aromatic rings. The van der Waals surface area contributed by atoms with Gasteiger partial charge in [-0.25, -0.2) is 14.8 Å². The van der Waals surface area contributed by atoms with Crippen LogP contribution in [0.1, 0.15) is 39.9 Å². The molecule has 98 valence electrons. The van der Waals surface area contributed by atoms with Crippen LogP contribution < -0.4 is 0 Å². The smallest absolute Gasteiger partial charge is 0.339 e. The zero-order valence-electron chi connectivity index (χ0n) is 11.1. The molecule has 0 aliphatic rings. The first-order valence-electron chi connectivity index (χ1n) is 6.23. The van der Waals surface area contributed by atoms with Crippen molar-refractivity contribution in [3.05, 3.63) is 58.7 Å². The van der Waals surface area contributed by atoms with Crippen molar-refractivity contribution in [2.24, 2.45) is 0 Å². The Morgan fingerprint density at radius 3 is 2.37 bits per heavy atom. The minimum atomic E-state index is -0.989. The maximum absolute atomic E-state index is 10.9. The number of aromatic nitrogens is 2. The van der Waals surface area contributed by atoms with Crippen molar-refractivity contribution in [1.29, 1.82) is 0 Å². The van der Waals surface area contributed by atoms with Gasteiger partial charge >= 0.3 is 5.97 Å². The highest BCUT2D eigenvalue weighted by atomic mass is 16.4. The summed E-state index contributed by atoms with van der Waals surface area (Å²) in [7, 11) is 0. The number of carboxylic acids is 1. The van der Waals surface area contributed by atoms with E-state index in [9.17, 15) is 4.79 Å². The van der Waals surface area contributed by atoms with Crippen LogP contribution >= 0.6 is 0 Å². The first kappa shape index (κ1) is 13.2. The molecule has 0 fully saturated rings. The second-order valence-corrected chi connectivity index (χ2v) is 4.44. The Bertz CT molecular complexity index is 592. The van der Waals surface area contributed by atoms with Gasteiger partial charge in [0, 0.05) is 12.6 Å². The molecule has 2 rings (SSSR count). The monoisotopic (exact) mass is 256 g/mol. The maximum atomic E-state index is 10.9. The molecule has 1 aromatic heterocycles. The van der Waals surface area contributed by atoms with Crippen LogP contribution in [0.25, 0.3) is 0 Å². The summed E-state index contributed by atoms with van der Waals surface area (Å²) < 4.78 is 0. The molecule has 0 bridgehead atoms. The third kappa shape index (κ3) is 3.16. The number of hydrogen-bond donors (Lipinski definition) is 1. The van der Waals surface area contributed by atoms with Gasteiger partial charge in [-0.2, -0.15) is 0 Å². The number of hydrogen-bond acceptors (Lipinski definition) is 3. The van der Waals surface area contributed by atoms with Crippen LogP contribution in [0, 0.1) is 6.92 Å². The van der Waals surface area contributed by atoms with Crippen LogP contribution in [-0.2, 0) is 12.8 Å². The molecule has 0 spiro atoms. The zero-order chi connectivity index (χ0) is 13.8. The molecule has 0 aliphatic carbocycles. The van der Waals surface area contributed by atoms with Gasteiger partial charge < -0.3 is 5.11 Å². The topological polar surface area (TPSA) is 63.1 Å². The van der Waals surface area contributed by atoms with Gasteiger partial charge in [-0.3, -0.25) is 0 Å². The summed E-state index contributed by atoms with van der Waals surface area (Å²) in [6.07, 6.45) is 3.01. The van der Waals surface area contributed by atoms with E-state index in [0.717, 1.165) is 12.0 Å². The van der Waals surface area contributed by atoms with Crippen LogP contribution in [0.4, 0.5) is 0 Å². The maximum Gasteiger partial charge on any atom is 0.339 e. The van der Waals surface area contributed by atoms with Crippen LogP contribution in [0.2, 0.25) is 0 Å². The first-order chi connectivity index (χ1) is 9.10. The standard InChI is InChI=1S/C15H16N2O2/c1-3-11-4-6-12(7-5-11)8-14-16-9-13(15(18)19)10(2)17-14/h4-7,9H,3,8H2,1-2H3,(H,18,19). The van der Waals surface area contributed by atoms with E-state index in [0.29, 0.717) is 17.9 Å². The van der Waals surface area contributed by atoms with Gasteiger partial charge in [0.15, 0.2) is 0 Å². The largest absolute Gasteiger partial charge is 0.478 e. The number of rotatable bonds is 4. The highest BCUT2D eigenvalue weighted by Gasteiger charge is 2.10. The lowest BCUT2D eigenvalue weighted by Crippen LogP contribution is -2.06. The van der Waals surface area contributed by atoms with E-state index in [1.54, 1.807) is 6.92 Å². The van der Waals surface area contributed by atoms with E-state index < -0.39 is 5.97 Å². The van der Waals surface area contributed by atoms with Crippen LogP contribution in [-0.4, -0.2) is 21.0 Å². The van der Waals surface area contributed by atoms with E-state index in [-0.39, 0.29) is 5.56 Å². The lowest BCUT2D eigenvalue weighted by atomic mass is 10.1. The van der Waals surface area contributed by atoms with Crippen molar-refractivity contribution in [1.82, 2.24) is 9.97 Å². The minimum absolute atomic E-state index is 0.157. The Kier molecular flexibility index (Phi) is 3.90. The average molecular weight is 256 g/mol. The number of carboxylic acid groups (broad SMARTS) is 1. The molecule has 4 heteroatoms. The Labute approximate surface area is 112 Å². The Balaban J connectivity index is 2.18. The van der Waals surface area contributed by atoms with Crippen molar-refractivity contribution >= 4 is 5.97 Å². The number of aromatic carboxylic acids is 1. The normalized spacial score (nSPS) is 10.4. The quantitative estimate of drug-likeness (QED) is 0.913. The van der Waals surface area contributed by atoms with Crippen molar-refractivity contribution in [3.8, 4) is 0 Å². The van der Waals surface area contributed by atoms with Gasteiger partial charge in [0.2, 0.25) is 0 Å². The number of aryl methyl sites for hydroxylation is 2. The van der Waals surface area contributed by atoms with E-state index >= 15 is 0 Å². The highest BCUT2D eigenvalue weighted by Crippen LogP contribution is 2.10. The predicted molar refractivity (Wildman–Crippen MR) is 72.4 cm³/mol. The van der Waals surface area contributed by atoms with Crippen molar-refractivity contribution < 1.29 is 9.90 Å². The second kappa shape index (κ2) is 5.61. The van der Waals surface area contributed by atoms with Crippen LogP contribution in [0.15, 0.2) is 30.5 Å². The molecule has 0 saturated carbocycles. The molecular formula is C15H16N2O2. The number of benzene rings is 1. The fraction of sp³-hybridized carbons (Fsp3) is 0.267. The average Bonchev–Trinajstić information content (AvgIpc) is 2.39. The van der Waals surface area contributed by atoms with Gasteiger partial charge in [-0.15, -0.1) is 0 Å². The first-order valence-corrected chi connectivity index (χ1v) is 6.23. The third-order valence-electron chi connectivity index (χ3n) is 3.05. The Morgan fingerprint density at radius 1 is 1.21 bits per heavy atom. The van der Waals surface area contributed by atoms with Gasteiger partial charge in [0.25, 0.3) is 0 Å². The molecule has 0 atom stereocenters. The summed E-state index contributed by atoms with van der Waals surface area (Å²) in [5, 5.41) is 8.92. The van der Waals surface area contributed by atoms with Crippen LogP contribution in [0.3, 0.4) is 0 Å². The van der Waals surface area contributed by atoms with E-state index in [1.807, 2.05) is 0 Å². The Hall–Kier alpha value is -2.23. The SMILES string of the molecule is CCc1ccc(Cc2ncc(C(=O)O)c(C)n2)cc1. The van der Waals surface area contributed by atoms with Gasteiger partial charge in [-0.05, 0) is 24.5 Å². The molecule has 0 amide bonds. The summed E-state index contributed by atoms with van der Waals surface area (Å²) in [5.74, 6) is -0.344. The molecule has 1 N–H and O–H groups in total. The molecule has 1 heterocycles. The lowest BCUT2D eigenvalue weighted by molar-refractivity contribution is 0.0695. The molecule has 1 aromatic carbocycles. The third-order valence-corrected chi connectivity index (χ3v) is 3.05.